The van der Waals surface area contributed by atoms with Crippen molar-refractivity contribution in [2.24, 2.45) is 0 Å². The summed E-state index contributed by atoms with van der Waals surface area (Å²) in [5.74, 6) is -0.305. The second kappa shape index (κ2) is 5.88. The molecule has 0 N–H and O–H groups in total. The molecule has 0 bridgehead atoms. The van der Waals surface area contributed by atoms with Crippen molar-refractivity contribution in [1.29, 1.82) is 0 Å². The van der Waals surface area contributed by atoms with E-state index in [1.54, 1.807) is 18.3 Å². The number of hydrogen-bond acceptors (Lipinski definition) is 6. The lowest BCUT2D eigenvalue weighted by Crippen LogP contribution is -2.10. The molecule has 0 saturated carbocycles. The van der Waals surface area contributed by atoms with Gasteiger partial charge in [-0.05, 0) is 12.1 Å². The number of Topliss-reactive ketones (excluding diaryl/α,β-unsaturated/α-hetero) is 1. The van der Waals surface area contributed by atoms with E-state index in [-0.39, 0.29) is 29.2 Å². The summed E-state index contributed by atoms with van der Waals surface area (Å²) >= 11 is 0. The first-order chi connectivity index (χ1) is 11.5. The number of fused-ring (bicyclic) bond motifs is 1. The largest absolute Gasteiger partial charge is 0.297 e. The molecule has 3 rings (SSSR count). The number of hydrogen-bond donors (Lipinski definition) is 0. The summed E-state index contributed by atoms with van der Waals surface area (Å²) in [5, 5.41) is 26.2. The minimum absolute atomic E-state index is 0.105. The van der Waals surface area contributed by atoms with Crippen molar-refractivity contribution in [3.8, 4) is 0 Å². The Labute approximate surface area is 134 Å². The summed E-state index contributed by atoms with van der Waals surface area (Å²) < 4.78 is 1.32. The van der Waals surface area contributed by atoms with Crippen molar-refractivity contribution in [1.82, 2.24) is 9.78 Å². The van der Waals surface area contributed by atoms with E-state index in [4.69, 9.17) is 0 Å². The normalized spacial score (nSPS) is 10.7. The molecule has 24 heavy (non-hydrogen) atoms. The second-order valence-corrected chi connectivity index (χ2v) is 5.03. The molecule has 2 aromatic carbocycles. The van der Waals surface area contributed by atoms with E-state index in [1.165, 1.54) is 35.0 Å². The van der Waals surface area contributed by atoms with Crippen LogP contribution in [0.5, 0.6) is 0 Å². The maximum atomic E-state index is 12.2. The third-order valence-electron chi connectivity index (χ3n) is 3.46. The summed E-state index contributed by atoms with van der Waals surface area (Å²) in [5.41, 5.74) is 0.273. The van der Waals surface area contributed by atoms with Gasteiger partial charge in [-0.2, -0.15) is 5.10 Å². The molecular weight excluding hydrogens is 316 g/mol. The van der Waals surface area contributed by atoms with Crippen LogP contribution in [0.15, 0.2) is 48.7 Å². The van der Waals surface area contributed by atoms with Crippen molar-refractivity contribution in [3.05, 3.63) is 74.5 Å². The van der Waals surface area contributed by atoms with Gasteiger partial charge >= 0.3 is 0 Å². The SMILES string of the molecule is O=C(Cn1cc2cccc([N+](=O)[O-])c2n1)c1ccc([N+](=O)[O-])cc1. The van der Waals surface area contributed by atoms with E-state index in [9.17, 15) is 25.0 Å². The first-order valence-corrected chi connectivity index (χ1v) is 6.84. The zero-order valence-electron chi connectivity index (χ0n) is 12.2. The van der Waals surface area contributed by atoms with E-state index in [1.807, 2.05) is 0 Å². The Kier molecular flexibility index (Phi) is 3.74. The van der Waals surface area contributed by atoms with Crippen molar-refractivity contribution >= 4 is 28.1 Å². The standard InChI is InChI=1S/C15H10N4O5/c20-14(10-4-6-12(7-5-10)18(21)22)9-17-8-11-2-1-3-13(19(23)24)15(11)16-17/h1-8H,9H2. The van der Waals surface area contributed by atoms with Crippen LogP contribution in [-0.2, 0) is 6.54 Å². The predicted octanol–water partition coefficient (Wildman–Crippen LogP) is 2.74. The molecule has 9 nitrogen and oxygen atoms in total. The highest BCUT2D eigenvalue weighted by Crippen LogP contribution is 2.23. The van der Waals surface area contributed by atoms with Gasteiger partial charge in [0.25, 0.3) is 11.4 Å². The van der Waals surface area contributed by atoms with Crippen LogP contribution in [0.1, 0.15) is 10.4 Å². The van der Waals surface area contributed by atoms with Crippen LogP contribution in [0.4, 0.5) is 11.4 Å². The van der Waals surface area contributed by atoms with E-state index < -0.39 is 9.85 Å². The molecule has 0 aliphatic carbocycles. The van der Waals surface area contributed by atoms with Gasteiger partial charge in [0, 0.05) is 35.3 Å². The smallest absolute Gasteiger partial charge is 0.292 e. The average molecular weight is 326 g/mol. The van der Waals surface area contributed by atoms with Gasteiger partial charge in [-0.3, -0.25) is 29.7 Å². The molecule has 120 valence electrons. The molecule has 9 heteroatoms. The summed E-state index contributed by atoms with van der Waals surface area (Å²) in [7, 11) is 0. The maximum Gasteiger partial charge on any atom is 0.297 e. The van der Waals surface area contributed by atoms with Crippen molar-refractivity contribution in [2.45, 2.75) is 6.54 Å². The quantitative estimate of drug-likeness (QED) is 0.403. The monoisotopic (exact) mass is 326 g/mol. The molecule has 1 aromatic heterocycles. The molecule has 0 fully saturated rings. The maximum absolute atomic E-state index is 12.2. The first-order valence-electron chi connectivity index (χ1n) is 6.84. The number of nitro benzene ring substituents is 2. The number of nitrogens with zero attached hydrogens (tertiary/aromatic N) is 4. The molecular formula is C15H10N4O5. The molecule has 1 heterocycles. The van der Waals surface area contributed by atoms with E-state index in [0.29, 0.717) is 10.9 Å². The highest BCUT2D eigenvalue weighted by atomic mass is 16.6. The number of carbonyl (C=O) groups is 1. The van der Waals surface area contributed by atoms with Crippen LogP contribution in [0.3, 0.4) is 0 Å². The fourth-order valence-corrected chi connectivity index (χ4v) is 2.32. The number of benzene rings is 2. The Balaban J connectivity index is 1.86. The van der Waals surface area contributed by atoms with Crippen LogP contribution >= 0.6 is 0 Å². The van der Waals surface area contributed by atoms with Gasteiger partial charge in [0.2, 0.25) is 0 Å². The van der Waals surface area contributed by atoms with Crippen LogP contribution in [0.25, 0.3) is 10.9 Å². The molecule has 0 amide bonds. The third kappa shape index (κ3) is 2.82. The minimum Gasteiger partial charge on any atom is -0.292 e. The Morgan fingerprint density at radius 3 is 2.38 bits per heavy atom. The van der Waals surface area contributed by atoms with Crippen LogP contribution in [0.2, 0.25) is 0 Å². The topological polar surface area (TPSA) is 121 Å². The lowest BCUT2D eigenvalue weighted by Gasteiger charge is -2.01. The van der Waals surface area contributed by atoms with Crippen LogP contribution in [0, 0.1) is 20.2 Å². The Hall–Kier alpha value is -3.62. The van der Waals surface area contributed by atoms with Crippen LogP contribution < -0.4 is 0 Å². The highest BCUT2D eigenvalue weighted by molar-refractivity contribution is 5.96. The predicted molar refractivity (Wildman–Crippen MR) is 83.8 cm³/mol. The lowest BCUT2D eigenvalue weighted by molar-refractivity contribution is -0.384. The van der Waals surface area contributed by atoms with Crippen molar-refractivity contribution in [2.75, 3.05) is 0 Å². The van der Waals surface area contributed by atoms with E-state index in [0.717, 1.165) is 0 Å². The number of aromatic nitrogens is 2. The third-order valence-corrected chi connectivity index (χ3v) is 3.46. The zero-order valence-corrected chi connectivity index (χ0v) is 12.2. The summed E-state index contributed by atoms with van der Waals surface area (Å²) in [6.07, 6.45) is 1.55. The van der Waals surface area contributed by atoms with Gasteiger partial charge in [-0.15, -0.1) is 0 Å². The number of carbonyl (C=O) groups excluding carboxylic acids is 1. The Morgan fingerprint density at radius 2 is 1.75 bits per heavy atom. The molecule has 0 radical (unpaired) electrons. The van der Waals surface area contributed by atoms with Gasteiger partial charge in [0.1, 0.15) is 6.54 Å². The first kappa shape index (κ1) is 15.3. The molecule has 0 atom stereocenters. The Bertz CT molecular complexity index is 962. The summed E-state index contributed by atoms with van der Waals surface area (Å²) in [6, 6.07) is 9.79. The molecule has 0 saturated heterocycles. The van der Waals surface area contributed by atoms with Crippen molar-refractivity contribution in [3.63, 3.8) is 0 Å². The average Bonchev–Trinajstić information content (AvgIpc) is 2.96. The van der Waals surface area contributed by atoms with Gasteiger partial charge in [0.05, 0.1) is 9.85 Å². The van der Waals surface area contributed by atoms with Gasteiger partial charge < -0.3 is 0 Å². The fraction of sp³-hybridized carbons (Fsp3) is 0.0667. The zero-order chi connectivity index (χ0) is 17.3. The minimum atomic E-state index is -0.548. The number of non-ortho nitro benzene ring substituents is 2. The molecule has 3 aromatic rings. The van der Waals surface area contributed by atoms with E-state index in [2.05, 4.69) is 5.10 Å². The van der Waals surface area contributed by atoms with Gasteiger partial charge in [-0.25, -0.2) is 0 Å². The summed E-state index contributed by atoms with van der Waals surface area (Å²) in [4.78, 5) is 32.7. The van der Waals surface area contributed by atoms with Crippen LogP contribution in [-0.4, -0.2) is 25.4 Å². The van der Waals surface area contributed by atoms with E-state index >= 15 is 0 Å². The summed E-state index contributed by atoms with van der Waals surface area (Å²) in [6.45, 7) is -0.121. The molecule has 0 unspecified atom stereocenters. The molecule has 0 aliphatic rings. The molecule has 0 spiro atoms. The van der Waals surface area contributed by atoms with Gasteiger partial charge in [0.15, 0.2) is 11.3 Å². The second-order valence-electron chi connectivity index (χ2n) is 5.03. The highest BCUT2D eigenvalue weighted by Gasteiger charge is 2.16. The number of nitro groups is 2. The van der Waals surface area contributed by atoms with Gasteiger partial charge in [-0.1, -0.05) is 12.1 Å². The van der Waals surface area contributed by atoms with Crippen molar-refractivity contribution < 1.29 is 14.6 Å². The number of rotatable bonds is 5. The fourth-order valence-electron chi connectivity index (χ4n) is 2.32. The lowest BCUT2D eigenvalue weighted by atomic mass is 10.1. The Morgan fingerprint density at radius 1 is 1.04 bits per heavy atom. The number of ketones is 1. The molecule has 0 aliphatic heterocycles.